The van der Waals surface area contributed by atoms with Crippen molar-refractivity contribution >= 4 is 11.7 Å². The molecule has 3 aromatic rings. The Morgan fingerprint density at radius 3 is 2.79 bits per heavy atom. The largest absolute Gasteiger partial charge is 0.370 e. The molecule has 0 spiro atoms. The van der Waals surface area contributed by atoms with Crippen LogP contribution >= 0.6 is 0 Å². The summed E-state index contributed by atoms with van der Waals surface area (Å²) in [6.45, 7) is 2.78. The number of hydrogen-bond donors (Lipinski definition) is 1. The fourth-order valence-corrected chi connectivity index (χ4v) is 3.14. The monoisotopic (exact) mass is 320 g/mol. The summed E-state index contributed by atoms with van der Waals surface area (Å²) in [5.74, 6) is 0.612. The molecule has 0 radical (unpaired) electrons. The van der Waals surface area contributed by atoms with E-state index in [4.69, 9.17) is 4.52 Å². The molecule has 0 bridgehead atoms. The normalized spacial score (nSPS) is 13.6. The summed E-state index contributed by atoms with van der Waals surface area (Å²) in [4.78, 5) is 6.82. The van der Waals surface area contributed by atoms with Crippen molar-refractivity contribution in [2.45, 2.75) is 12.8 Å². The van der Waals surface area contributed by atoms with Crippen LogP contribution in [0.3, 0.4) is 0 Å². The number of rotatable bonds is 5. The van der Waals surface area contributed by atoms with Crippen LogP contribution in [0.15, 0.2) is 59.1 Å². The molecule has 0 amide bonds. The van der Waals surface area contributed by atoms with Gasteiger partial charge in [-0.25, -0.2) is 0 Å². The number of anilines is 2. The first-order valence-corrected chi connectivity index (χ1v) is 8.36. The molecule has 1 aliphatic rings. The van der Waals surface area contributed by atoms with Gasteiger partial charge < -0.3 is 14.7 Å². The second kappa shape index (κ2) is 6.74. The Kier molecular flexibility index (Phi) is 4.14. The standard InChI is InChI=1S/C19H20N4O/c1-2-8-16(9-3-1)18-21-19(24-22-18)20-12-14-23-13-6-10-15-7-4-5-11-17(15)23/h1-5,7-9,11H,6,10,12-14H2,(H,20,21,22). The number of nitrogens with one attached hydrogen (secondary N) is 1. The molecule has 0 atom stereocenters. The van der Waals surface area contributed by atoms with Gasteiger partial charge in [-0.3, -0.25) is 0 Å². The third-order valence-electron chi connectivity index (χ3n) is 4.32. The lowest BCUT2D eigenvalue weighted by atomic mass is 10.0. The molecular formula is C19H20N4O. The molecule has 0 saturated carbocycles. The lowest BCUT2D eigenvalue weighted by Gasteiger charge is -2.31. The third-order valence-corrected chi connectivity index (χ3v) is 4.32. The number of hydrogen-bond acceptors (Lipinski definition) is 5. The molecule has 0 saturated heterocycles. The Morgan fingerprint density at radius 2 is 1.88 bits per heavy atom. The number of fused-ring (bicyclic) bond motifs is 1. The van der Waals surface area contributed by atoms with E-state index in [0.29, 0.717) is 11.8 Å². The fraction of sp³-hybridized carbons (Fsp3) is 0.263. The van der Waals surface area contributed by atoms with Crippen molar-refractivity contribution in [2.75, 3.05) is 29.9 Å². The van der Waals surface area contributed by atoms with Crippen molar-refractivity contribution in [1.29, 1.82) is 0 Å². The van der Waals surface area contributed by atoms with E-state index in [-0.39, 0.29) is 0 Å². The lowest BCUT2D eigenvalue weighted by Crippen LogP contribution is -2.33. The van der Waals surface area contributed by atoms with Gasteiger partial charge in [-0.15, -0.1) is 0 Å². The van der Waals surface area contributed by atoms with Crippen molar-refractivity contribution in [2.24, 2.45) is 0 Å². The predicted octanol–water partition coefficient (Wildman–Crippen LogP) is 3.60. The lowest BCUT2D eigenvalue weighted by molar-refractivity contribution is 0.432. The Bertz CT molecular complexity index is 800. The quantitative estimate of drug-likeness (QED) is 0.778. The Balaban J connectivity index is 1.36. The number of aromatic nitrogens is 2. The van der Waals surface area contributed by atoms with Gasteiger partial charge in [0, 0.05) is 30.9 Å². The molecule has 4 rings (SSSR count). The SMILES string of the molecule is c1ccc(-c2noc(NCCN3CCCc4ccccc43)n2)cc1. The summed E-state index contributed by atoms with van der Waals surface area (Å²) in [6.07, 6.45) is 2.37. The maximum Gasteiger partial charge on any atom is 0.321 e. The predicted molar refractivity (Wildman–Crippen MR) is 95.2 cm³/mol. The van der Waals surface area contributed by atoms with Crippen LogP contribution in [0.5, 0.6) is 0 Å². The summed E-state index contributed by atoms with van der Waals surface area (Å²) in [5.41, 5.74) is 3.74. The first-order chi connectivity index (χ1) is 11.9. The highest BCUT2D eigenvalue weighted by Gasteiger charge is 2.16. The van der Waals surface area contributed by atoms with Crippen LogP contribution in [0.25, 0.3) is 11.4 Å². The number of benzene rings is 2. The van der Waals surface area contributed by atoms with E-state index in [9.17, 15) is 0 Å². The van der Waals surface area contributed by atoms with Crippen LogP contribution in [0, 0.1) is 0 Å². The van der Waals surface area contributed by atoms with E-state index in [1.54, 1.807) is 0 Å². The zero-order chi connectivity index (χ0) is 16.2. The molecule has 0 fully saturated rings. The minimum absolute atomic E-state index is 0.471. The summed E-state index contributed by atoms with van der Waals surface area (Å²) in [7, 11) is 0. The van der Waals surface area contributed by atoms with E-state index in [2.05, 4.69) is 44.6 Å². The highest BCUT2D eigenvalue weighted by molar-refractivity contribution is 5.56. The topological polar surface area (TPSA) is 54.2 Å². The second-order valence-corrected chi connectivity index (χ2v) is 5.94. The Labute approximate surface area is 141 Å². The number of aryl methyl sites for hydroxylation is 1. The fourth-order valence-electron chi connectivity index (χ4n) is 3.14. The van der Waals surface area contributed by atoms with Gasteiger partial charge in [-0.1, -0.05) is 53.7 Å². The third kappa shape index (κ3) is 3.11. The van der Waals surface area contributed by atoms with Gasteiger partial charge in [-0.2, -0.15) is 4.98 Å². The van der Waals surface area contributed by atoms with Crippen LogP contribution in [0.1, 0.15) is 12.0 Å². The Hall–Kier alpha value is -2.82. The van der Waals surface area contributed by atoms with Gasteiger partial charge in [0.15, 0.2) is 0 Å². The molecule has 5 heteroatoms. The highest BCUT2D eigenvalue weighted by Crippen LogP contribution is 2.26. The maximum absolute atomic E-state index is 5.29. The second-order valence-electron chi connectivity index (χ2n) is 5.94. The zero-order valence-corrected chi connectivity index (χ0v) is 13.5. The number of nitrogens with zero attached hydrogens (tertiary/aromatic N) is 3. The van der Waals surface area contributed by atoms with Crippen LogP contribution in [0.4, 0.5) is 11.7 Å². The number of para-hydroxylation sites is 1. The molecule has 0 unspecified atom stereocenters. The summed E-state index contributed by atoms with van der Waals surface area (Å²) < 4.78 is 5.29. The molecule has 1 N–H and O–H groups in total. The zero-order valence-electron chi connectivity index (χ0n) is 13.5. The van der Waals surface area contributed by atoms with Crippen molar-refractivity contribution in [1.82, 2.24) is 10.1 Å². The van der Waals surface area contributed by atoms with Crippen LogP contribution in [0.2, 0.25) is 0 Å². The minimum Gasteiger partial charge on any atom is -0.370 e. The average Bonchev–Trinajstić information content (AvgIpc) is 3.12. The van der Waals surface area contributed by atoms with Gasteiger partial charge in [0.1, 0.15) is 0 Å². The van der Waals surface area contributed by atoms with Gasteiger partial charge >= 0.3 is 6.01 Å². The first-order valence-electron chi connectivity index (χ1n) is 8.36. The van der Waals surface area contributed by atoms with Crippen LogP contribution in [-0.2, 0) is 6.42 Å². The average molecular weight is 320 g/mol. The van der Waals surface area contributed by atoms with Gasteiger partial charge in [0.25, 0.3) is 0 Å². The molecular weight excluding hydrogens is 300 g/mol. The molecule has 2 aromatic carbocycles. The molecule has 5 nitrogen and oxygen atoms in total. The smallest absolute Gasteiger partial charge is 0.321 e. The molecule has 0 aliphatic carbocycles. The van der Waals surface area contributed by atoms with Crippen LogP contribution < -0.4 is 10.2 Å². The van der Waals surface area contributed by atoms with Crippen molar-refractivity contribution in [3.63, 3.8) is 0 Å². The molecule has 122 valence electrons. The summed E-state index contributed by atoms with van der Waals surface area (Å²) >= 11 is 0. The highest BCUT2D eigenvalue weighted by atomic mass is 16.5. The summed E-state index contributed by atoms with van der Waals surface area (Å²) in [6, 6.07) is 19.0. The van der Waals surface area contributed by atoms with E-state index in [0.717, 1.165) is 25.2 Å². The van der Waals surface area contributed by atoms with Gasteiger partial charge in [0.2, 0.25) is 5.82 Å². The molecule has 1 aromatic heterocycles. The Morgan fingerprint density at radius 1 is 1.04 bits per heavy atom. The first kappa shape index (κ1) is 14.8. The maximum atomic E-state index is 5.29. The summed E-state index contributed by atoms with van der Waals surface area (Å²) in [5, 5.41) is 7.26. The van der Waals surface area contributed by atoms with E-state index in [1.807, 2.05) is 30.3 Å². The van der Waals surface area contributed by atoms with Crippen molar-refractivity contribution in [3.05, 3.63) is 60.2 Å². The molecule has 1 aliphatic heterocycles. The van der Waals surface area contributed by atoms with E-state index < -0.39 is 0 Å². The van der Waals surface area contributed by atoms with Crippen molar-refractivity contribution < 1.29 is 4.52 Å². The molecule has 24 heavy (non-hydrogen) atoms. The van der Waals surface area contributed by atoms with Gasteiger partial charge in [-0.05, 0) is 24.5 Å². The van der Waals surface area contributed by atoms with E-state index >= 15 is 0 Å². The van der Waals surface area contributed by atoms with Crippen LogP contribution in [-0.4, -0.2) is 29.8 Å². The van der Waals surface area contributed by atoms with E-state index in [1.165, 1.54) is 24.1 Å². The van der Waals surface area contributed by atoms with Gasteiger partial charge in [0.05, 0.1) is 0 Å². The van der Waals surface area contributed by atoms with Crippen molar-refractivity contribution in [3.8, 4) is 11.4 Å². The minimum atomic E-state index is 0.471. The molecule has 2 heterocycles.